The molecule has 3 N–H and O–H groups in total. The van der Waals surface area contributed by atoms with E-state index >= 15 is 0 Å². The van der Waals surface area contributed by atoms with E-state index in [4.69, 9.17) is 4.74 Å². The second kappa shape index (κ2) is 6.75. The Morgan fingerprint density at radius 1 is 1.36 bits per heavy atom. The largest absolute Gasteiger partial charge is 0.396 e. The lowest BCUT2D eigenvalue weighted by molar-refractivity contribution is -0.108. The maximum absolute atomic E-state index is 12.3. The Morgan fingerprint density at radius 2 is 2.05 bits per heavy atom. The normalized spacial score (nSPS) is 29.6. The summed E-state index contributed by atoms with van der Waals surface area (Å²) in [7, 11) is 0. The molecule has 3 unspecified atom stereocenters. The van der Waals surface area contributed by atoms with Crippen LogP contribution >= 0.6 is 0 Å². The van der Waals surface area contributed by atoms with Gasteiger partial charge in [-0.05, 0) is 31.1 Å². The highest BCUT2D eigenvalue weighted by atomic mass is 16.5. The van der Waals surface area contributed by atoms with Crippen LogP contribution in [0.15, 0.2) is 0 Å². The minimum Gasteiger partial charge on any atom is -0.396 e. The molecule has 2 amide bonds. The first-order chi connectivity index (χ1) is 10.4. The molecule has 128 valence electrons. The quantitative estimate of drug-likeness (QED) is 0.675. The van der Waals surface area contributed by atoms with E-state index in [1.807, 2.05) is 0 Å². The van der Waals surface area contributed by atoms with Crippen LogP contribution < -0.4 is 10.6 Å². The zero-order valence-corrected chi connectivity index (χ0v) is 14.4. The minimum absolute atomic E-state index is 0.000224. The lowest BCUT2D eigenvalue weighted by Crippen LogP contribution is -2.67. The molecule has 0 spiro atoms. The average Bonchev–Trinajstić information content (AvgIpc) is 2.96. The van der Waals surface area contributed by atoms with E-state index in [1.54, 1.807) is 0 Å². The molecule has 2 aliphatic rings. The van der Waals surface area contributed by atoms with Gasteiger partial charge < -0.3 is 20.5 Å². The van der Waals surface area contributed by atoms with E-state index in [0.717, 1.165) is 32.3 Å². The number of carbonyl (C=O) groups excluding carboxylic acids is 1. The van der Waals surface area contributed by atoms with Crippen LogP contribution in [0, 0.1) is 16.7 Å². The van der Waals surface area contributed by atoms with E-state index in [-0.39, 0.29) is 35.6 Å². The van der Waals surface area contributed by atoms with Crippen molar-refractivity contribution in [3.8, 4) is 0 Å². The molecule has 0 radical (unpaired) electrons. The van der Waals surface area contributed by atoms with Gasteiger partial charge in [-0.25, -0.2) is 4.79 Å². The lowest BCUT2D eigenvalue weighted by Gasteiger charge is -2.54. The summed E-state index contributed by atoms with van der Waals surface area (Å²) in [5.74, 6) is 0.459. The predicted molar refractivity (Wildman–Crippen MR) is 86.7 cm³/mol. The second-order valence-corrected chi connectivity index (χ2v) is 7.55. The lowest BCUT2D eigenvalue weighted by atomic mass is 9.57. The summed E-state index contributed by atoms with van der Waals surface area (Å²) >= 11 is 0. The van der Waals surface area contributed by atoms with E-state index in [1.165, 1.54) is 0 Å². The van der Waals surface area contributed by atoms with Gasteiger partial charge in [0.05, 0.1) is 6.10 Å². The smallest absolute Gasteiger partial charge is 0.315 e. The molecule has 0 bridgehead atoms. The fourth-order valence-corrected chi connectivity index (χ4v) is 4.26. The average molecular weight is 312 g/mol. The van der Waals surface area contributed by atoms with Crippen molar-refractivity contribution in [2.75, 3.05) is 19.8 Å². The van der Waals surface area contributed by atoms with Crippen molar-refractivity contribution in [1.29, 1.82) is 0 Å². The van der Waals surface area contributed by atoms with Crippen molar-refractivity contribution in [3.63, 3.8) is 0 Å². The van der Waals surface area contributed by atoms with Gasteiger partial charge in [0.2, 0.25) is 0 Å². The highest BCUT2D eigenvalue weighted by Crippen LogP contribution is 2.52. The molecule has 1 aliphatic carbocycles. The molecule has 3 atom stereocenters. The number of rotatable bonds is 7. The maximum atomic E-state index is 12.3. The molecule has 1 saturated carbocycles. The Morgan fingerprint density at radius 3 is 2.64 bits per heavy atom. The summed E-state index contributed by atoms with van der Waals surface area (Å²) < 4.78 is 5.76. The van der Waals surface area contributed by atoms with Crippen LogP contribution in [0.4, 0.5) is 4.79 Å². The molecule has 0 aromatic rings. The Bertz CT molecular complexity index is 393. The molecule has 5 nitrogen and oxygen atoms in total. The third-order valence-corrected chi connectivity index (χ3v) is 6.15. The minimum atomic E-state index is -0.0901. The number of carbonyl (C=O) groups is 1. The molecule has 2 fully saturated rings. The molecule has 1 aliphatic heterocycles. The van der Waals surface area contributed by atoms with Crippen LogP contribution in [0.1, 0.15) is 53.4 Å². The summed E-state index contributed by atoms with van der Waals surface area (Å²) in [6.07, 6.45) is 3.97. The first kappa shape index (κ1) is 17.5. The maximum Gasteiger partial charge on any atom is 0.315 e. The van der Waals surface area contributed by atoms with Crippen LogP contribution in [0.25, 0.3) is 0 Å². The van der Waals surface area contributed by atoms with Crippen LogP contribution in [-0.2, 0) is 4.74 Å². The molecule has 22 heavy (non-hydrogen) atoms. The number of hydrogen-bond donors (Lipinski definition) is 3. The van der Waals surface area contributed by atoms with Crippen molar-refractivity contribution in [1.82, 2.24) is 10.6 Å². The van der Waals surface area contributed by atoms with Crippen molar-refractivity contribution >= 4 is 6.03 Å². The summed E-state index contributed by atoms with van der Waals surface area (Å²) in [4.78, 5) is 12.3. The van der Waals surface area contributed by atoms with Crippen LogP contribution in [0.3, 0.4) is 0 Å². The standard InChI is InChI=1S/C17H32N2O3/c1-5-17(6-2,8-9-20)11-18-15(21)19-13-12-7-10-22-14(12)16(13,3)4/h12-14,20H,5-11H2,1-4H3,(H2,18,19,21). The number of nitrogens with one attached hydrogen (secondary N) is 2. The van der Waals surface area contributed by atoms with Gasteiger partial charge in [-0.15, -0.1) is 0 Å². The van der Waals surface area contributed by atoms with Gasteiger partial charge in [0.1, 0.15) is 0 Å². The molecule has 1 saturated heterocycles. The fraction of sp³-hybridized carbons (Fsp3) is 0.941. The third-order valence-electron chi connectivity index (χ3n) is 6.15. The molecule has 2 rings (SSSR count). The van der Waals surface area contributed by atoms with Gasteiger partial charge in [-0.3, -0.25) is 0 Å². The fourth-order valence-electron chi connectivity index (χ4n) is 4.26. The predicted octanol–water partition coefficient (Wildman–Crippen LogP) is 2.29. The monoisotopic (exact) mass is 312 g/mol. The number of hydrogen-bond acceptors (Lipinski definition) is 3. The van der Waals surface area contributed by atoms with Crippen LogP contribution in [-0.4, -0.2) is 43.0 Å². The second-order valence-electron chi connectivity index (χ2n) is 7.55. The molecular formula is C17H32N2O3. The van der Waals surface area contributed by atoms with Crippen molar-refractivity contribution < 1.29 is 14.6 Å². The number of ether oxygens (including phenoxy) is 1. The van der Waals surface area contributed by atoms with E-state index in [2.05, 4.69) is 38.3 Å². The van der Waals surface area contributed by atoms with E-state index < -0.39 is 0 Å². The first-order valence-electron chi connectivity index (χ1n) is 8.67. The summed E-state index contributed by atoms with van der Waals surface area (Å²) in [5, 5.41) is 15.4. The Balaban J connectivity index is 1.85. The van der Waals surface area contributed by atoms with Crippen molar-refractivity contribution in [3.05, 3.63) is 0 Å². The third kappa shape index (κ3) is 3.11. The molecule has 0 aromatic carbocycles. The Hall–Kier alpha value is -0.810. The summed E-state index contributed by atoms with van der Waals surface area (Å²) in [6.45, 7) is 10.2. The zero-order chi connectivity index (χ0) is 16.4. The SMILES string of the molecule is CCC(CC)(CCO)CNC(=O)NC1C2CCOC2C1(C)C. The number of fused-ring (bicyclic) bond motifs is 1. The van der Waals surface area contributed by atoms with Crippen molar-refractivity contribution in [2.24, 2.45) is 16.7 Å². The van der Waals surface area contributed by atoms with Gasteiger partial charge in [-0.1, -0.05) is 27.7 Å². The number of urea groups is 1. The highest BCUT2D eigenvalue weighted by Gasteiger charge is 2.59. The number of aliphatic hydroxyl groups excluding tert-OH is 1. The highest BCUT2D eigenvalue weighted by molar-refractivity contribution is 5.74. The summed E-state index contributed by atoms with van der Waals surface area (Å²) in [5.41, 5.74) is 0.0103. The van der Waals surface area contributed by atoms with E-state index in [0.29, 0.717) is 12.5 Å². The van der Waals surface area contributed by atoms with Gasteiger partial charge in [0.15, 0.2) is 0 Å². The Labute approximate surface area is 134 Å². The first-order valence-corrected chi connectivity index (χ1v) is 8.67. The van der Waals surface area contributed by atoms with Crippen LogP contribution in [0.5, 0.6) is 0 Å². The van der Waals surface area contributed by atoms with E-state index in [9.17, 15) is 9.90 Å². The van der Waals surface area contributed by atoms with Gasteiger partial charge in [0, 0.05) is 37.1 Å². The molecule has 0 aromatic heterocycles. The molecule has 5 heteroatoms. The zero-order valence-electron chi connectivity index (χ0n) is 14.4. The Kier molecular flexibility index (Phi) is 5.38. The molecular weight excluding hydrogens is 280 g/mol. The van der Waals surface area contributed by atoms with Crippen molar-refractivity contribution in [2.45, 2.75) is 65.5 Å². The van der Waals surface area contributed by atoms with Gasteiger partial charge >= 0.3 is 6.03 Å². The number of amides is 2. The van der Waals surface area contributed by atoms with Gasteiger partial charge in [0.25, 0.3) is 0 Å². The summed E-state index contributed by atoms with van der Waals surface area (Å²) in [6, 6.07) is 0.100. The number of aliphatic hydroxyl groups is 1. The van der Waals surface area contributed by atoms with Crippen LogP contribution in [0.2, 0.25) is 0 Å². The topological polar surface area (TPSA) is 70.6 Å². The molecule has 1 heterocycles. The van der Waals surface area contributed by atoms with Gasteiger partial charge in [-0.2, -0.15) is 0 Å².